The molecule has 4 nitrogen and oxygen atoms in total. The molecular weight excluding hydrogens is 264 g/mol. The highest BCUT2D eigenvalue weighted by atomic mass is 16.6. The number of anilines is 1. The lowest BCUT2D eigenvalue weighted by atomic mass is 10.1. The van der Waals surface area contributed by atoms with Crippen molar-refractivity contribution in [1.29, 1.82) is 0 Å². The van der Waals surface area contributed by atoms with Crippen molar-refractivity contribution < 1.29 is 9.53 Å². The summed E-state index contributed by atoms with van der Waals surface area (Å²) in [5.74, 6) is -0.295. The molecule has 1 aliphatic heterocycles. The summed E-state index contributed by atoms with van der Waals surface area (Å²) in [6.45, 7) is 0. The Hall–Kier alpha value is -2.88. The maximum absolute atomic E-state index is 11.9. The van der Waals surface area contributed by atoms with E-state index in [4.69, 9.17) is 4.74 Å². The molecule has 21 heavy (non-hydrogen) atoms. The Balaban J connectivity index is 1.75. The normalized spacial score (nSPS) is 16.6. The average Bonchev–Trinajstić information content (AvgIpc) is 2.85. The van der Waals surface area contributed by atoms with E-state index >= 15 is 0 Å². The van der Waals surface area contributed by atoms with E-state index in [0.717, 1.165) is 22.2 Å². The summed E-state index contributed by atoms with van der Waals surface area (Å²) in [7, 11) is 0. The number of esters is 1. The Bertz CT molecular complexity index is 840. The molecule has 0 radical (unpaired) electrons. The molecule has 4 heteroatoms. The number of rotatable bonds is 2. The monoisotopic (exact) mass is 276 g/mol. The van der Waals surface area contributed by atoms with Gasteiger partial charge in [0.25, 0.3) is 0 Å². The minimum Gasteiger partial charge on any atom is -0.434 e. The van der Waals surface area contributed by atoms with Crippen molar-refractivity contribution in [2.24, 2.45) is 0 Å². The molecule has 0 aliphatic carbocycles. The van der Waals surface area contributed by atoms with Gasteiger partial charge < -0.3 is 10.1 Å². The summed E-state index contributed by atoms with van der Waals surface area (Å²) in [4.78, 5) is 16.2. The fraction of sp³-hybridized carbons (Fsp3) is 0.0588. The van der Waals surface area contributed by atoms with E-state index in [2.05, 4.69) is 10.3 Å². The first kappa shape index (κ1) is 11.9. The maximum atomic E-state index is 11.9. The summed E-state index contributed by atoms with van der Waals surface area (Å²) >= 11 is 0. The lowest BCUT2D eigenvalue weighted by molar-refractivity contribution is 0.0437. The van der Waals surface area contributed by atoms with Crippen LogP contribution in [0.15, 0.2) is 60.8 Å². The molecule has 0 saturated heterocycles. The molecular formula is C17H12N2O2. The zero-order valence-electron chi connectivity index (χ0n) is 11.1. The molecule has 2 aromatic carbocycles. The van der Waals surface area contributed by atoms with Crippen LogP contribution in [0.4, 0.5) is 5.69 Å². The van der Waals surface area contributed by atoms with E-state index in [1.807, 2.05) is 48.5 Å². The van der Waals surface area contributed by atoms with Crippen molar-refractivity contribution in [3.8, 4) is 0 Å². The molecule has 0 fully saturated rings. The molecule has 1 aliphatic rings. The predicted octanol–water partition coefficient (Wildman–Crippen LogP) is 3.52. The maximum Gasteiger partial charge on any atom is 0.340 e. The van der Waals surface area contributed by atoms with Gasteiger partial charge in [-0.15, -0.1) is 0 Å². The fourth-order valence-electron chi connectivity index (χ4n) is 2.61. The summed E-state index contributed by atoms with van der Waals surface area (Å²) in [5, 5.41) is 4.31. The third-order valence-corrected chi connectivity index (χ3v) is 3.61. The molecule has 1 aromatic heterocycles. The van der Waals surface area contributed by atoms with E-state index in [1.54, 1.807) is 12.3 Å². The Morgan fingerprint density at radius 3 is 2.81 bits per heavy atom. The number of carbonyl (C=O) groups is 1. The zero-order chi connectivity index (χ0) is 14.2. The Labute approximate surface area is 121 Å². The third-order valence-electron chi connectivity index (χ3n) is 3.61. The van der Waals surface area contributed by atoms with Gasteiger partial charge in [0.2, 0.25) is 6.23 Å². The topological polar surface area (TPSA) is 51.2 Å². The first-order valence-electron chi connectivity index (χ1n) is 6.73. The van der Waals surface area contributed by atoms with Gasteiger partial charge in [0.1, 0.15) is 0 Å². The van der Waals surface area contributed by atoms with E-state index < -0.39 is 6.23 Å². The van der Waals surface area contributed by atoms with Gasteiger partial charge in [0.15, 0.2) is 0 Å². The van der Waals surface area contributed by atoms with Crippen molar-refractivity contribution in [1.82, 2.24) is 4.98 Å². The lowest BCUT2D eigenvalue weighted by Gasteiger charge is -2.15. The van der Waals surface area contributed by atoms with Gasteiger partial charge in [-0.05, 0) is 18.2 Å². The van der Waals surface area contributed by atoms with Crippen LogP contribution in [0.5, 0.6) is 0 Å². The molecule has 1 N–H and O–H groups in total. The van der Waals surface area contributed by atoms with Crippen LogP contribution < -0.4 is 5.32 Å². The number of para-hydroxylation sites is 1. The third kappa shape index (κ3) is 1.92. The number of carbonyl (C=O) groups excluding carboxylic acids is 1. The zero-order valence-corrected chi connectivity index (χ0v) is 11.1. The second kappa shape index (κ2) is 4.59. The Morgan fingerprint density at radius 2 is 1.86 bits per heavy atom. The Morgan fingerprint density at radius 1 is 1.00 bits per heavy atom. The summed E-state index contributed by atoms with van der Waals surface area (Å²) < 4.78 is 5.41. The van der Waals surface area contributed by atoms with Crippen molar-refractivity contribution in [2.45, 2.75) is 6.23 Å². The molecule has 4 rings (SSSR count). The van der Waals surface area contributed by atoms with Gasteiger partial charge in [-0.2, -0.15) is 0 Å². The minimum absolute atomic E-state index is 0.295. The number of nitrogens with zero attached hydrogens (tertiary/aromatic N) is 1. The SMILES string of the molecule is O=C1OC(Nc2cccc3cccnc23)c2ccccc21. The number of cyclic esters (lactones) is 1. The van der Waals surface area contributed by atoms with Crippen LogP contribution in [-0.4, -0.2) is 11.0 Å². The summed E-state index contributed by atoms with van der Waals surface area (Å²) in [6, 6.07) is 17.2. The first-order valence-corrected chi connectivity index (χ1v) is 6.73. The van der Waals surface area contributed by atoms with Gasteiger partial charge in [-0.3, -0.25) is 4.98 Å². The van der Waals surface area contributed by atoms with Crippen molar-refractivity contribution >= 4 is 22.6 Å². The second-order valence-electron chi connectivity index (χ2n) is 4.90. The molecule has 2 heterocycles. The number of benzene rings is 2. The molecule has 0 spiro atoms. The van der Waals surface area contributed by atoms with E-state index in [1.165, 1.54) is 0 Å². The lowest BCUT2D eigenvalue weighted by Crippen LogP contribution is -2.10. The average molecular weight is 276 g/mol. The molecule has 1 unspecified atom stereocenters. The standard InChI is InChI=1S/C17H12N2O2/c20-17-13-8-2-1-7-12(13)16(21-17)19-14-9-3-5-11-6-4-10-18-15(11)14/h1-10,16,19H. The quantitative estimate of drug-likeness (QED) is 0.728. The molecule has 3 aromatic rings. The number of hydrogen-bond donors (Lipinski definition) is 1. The van der Waals surface area contributed by atoms with Crippen LogP contribution in [0.1, 0.15) is 22.1 Å². The Kier molecular flexibility index (Phi) is 2.60. The van der Waals surface area contributed by atoms with E-state index in [0.29, 0.717) is 5.56 Å². The van der Waals surface area contributed by atoms with E-state index in [9.17, 15) is 4.79 Å². The highest BCUT2D eigenvalue weighted by Gasteiger charge is 2.30. The van der Waals surface area contributed by atoms with Gasteiger partial charge in [-0.1, -0.05) is 36.4 Å². The van der Waals surface area contributed by atoms with Gasteiger partial charge in [0, 0.05) is 17.1 Å². The van der Waals surface area contributed by atoms with Crippen LogP contribution in [0.3, 0.4) is 0 Å². The van der Waals surface area contributed by atoms with E-state index in [-0.39, 0.29) is 5.97 Å². The van der Waals surface area contributed by atoms with Crippen LogP contribution >= 0.6 is 0 Å². The molecule has 102 valence electrons. The van der Waals surface area contributed by atoms with Gasteiger partial charge in [-0.25, -0.2) is 4.79 Å². The predicted molar refractivity (Wildman–Crippen MR) is 80.0 cm³/mol. The minimum atomic E-state index is -0.471. The van der Waals surface area contributed by atoms with Crippen LogP contribution in [0.25, 0.3) is 10.9 Å². The fourth-order valence-corrected chi connectivity index (χ4v) is 2.61. The smallest absolute Gasteiger partial charge is 0.340 e. The highest BCUT2D eigenvalue weighted by Crippen LogP contribution is 2.33. The van der Waals surface area contributed by atoms with Gasteiger partial charge >= 0.3 is 5.97 Å². The number of fused-ring (bicyclic) bond motifs is 2. The number of ether oxygens (including phenoxy) is 1. The number of aromatic nitrogens is 1. The number of pyridine rings is 1. The van der Waals surface area contributed by atoms with Crippen LogP contribution in [-0.2, 0) is 4.74 Å². The molecule has 0 amide bonds. The second-order valence-corrected chi connectivity index (χ2v) is 4.90. The summed E-state index contributed by atoms with van der Waals surface area (Å²) in [5.41, 5.74) is 3.18. The van der Waals surface area contributed by atoms with Crippen molar-refractivity contribution in [3.05, 3.63) is 71.9 Å². The highest BCUT2D eigenvalue weighted by molar-refractivity contribution is 5.95. The largest absolute Gasteiger partial charge is 0.434 e. The number of hydrogen-bond acceptors (Lipinski definition) is 4. The van der Waals surface area contributed by atoms with Crippen molar-refractivity contribution in [3.63, 3.8) is 0 Å². The first-order chi connectivity index (χ1) is 10.3. The van der Waals surface area contributed by atoms with Gasteiger partial charge in [0.05, 0.1) is 16.8 Å². The summed E-state index contributed by atoms with van der Waals surface area (Å²) in [6.07, 6.45) is 1.28. The van der Waals surface area contributed by atoms with Crippen LogP contribution in [0, 0.1) is 0 Å². The molecule has 0 bridgehead atoms. The number of nitrogens with one attached hydrogen (secondary N) is 1. The molecule has 0 saturated carbocycles. The van der Waals surface area contributed by atoms with Crippen molar-refractivity contribution in [2.75, 3.05) is 5.32 Å². The van der Waals surface area contributed by atoms with Crippen LogP contribution in [0.2, 0.25) is 0 Å². The molecule has 1 atom stereocenters.